The van der Waals surface area contributed by atoms with Crippen LogP contribution in [0.15, 0.2) is 47.4 Å². The number of aryl methyl sites for hydroxylation is 1. The van der Waals surface area contributed by atoms with Gasteiger partial charge >= 0.3 is 0 Å². The second-order valence-electron chi connectivity index (χ2n) is 7.12. The van der Waals surface area contributed by atoms with Crippen molar-refractivity contribution in [2.45, 2.75) is 25.7 Å². The molecule has 2 rings (SSSR count). The van der Waals surface area contributed by atoms with Crippen LogP contribution in [0.5, 0.6) is 11.5 Å². The van der Waals surface area contributed by atoms with E-state index < -0.39 is 10.0 Å². The number of rotatable bonds is 9. The first-order valence-corrected chi connectivity index (χ1v) is 10.8. The lowest BCUT2D eigenvalue weighted by Crippen LogP contribution is -2.31. The number of benzene rings is 2. The van der Waals surface area contributed by atoms with Gasteiger partial charge in [-0.15, -0.1) is 0 Å². The lowest BCUT2D eigenvalue weighted by Gasteiger charge is -2.19. The summed E-state index contributed by atoms with van der Waals surface area (Å²) in [5.74, 6) is 1.08. The fraction of sp³-hybridized carbons (Fsp3) is 0.381. The van der Waals surface area contributed by atoms with Crippen LogP contribution in [0.25, 0.3) is 0 Å². The van der Waals surface area contributed by atoms with Crippen LogP contribution in [0.3, 0.4) is 0 Å². The predicted molar refractivity (Wildman–Crippen MR) is 113 cm³/mol. The normalized spacial score (nSPS) is 11.4. The molecule has 0 aliphatic rings. The summed E-state index contributed by atoms with van der Waals surface area (Å²) in [5.41, 5.74) is 1.32. The molecule has 0 aromatic heterocycles. The van der Waals surface area contributed by atoms with Gasteiger partial charge in [0.1, 0.15) is 11.5 Å². The number of carbonyl (C=O) groups is 1. The zero-order valence-corrected chi connectivity index (χ0v) is 18.2. The molecule has 0 aliphatic heterocycles. The molecule has 0 fully saturated rings. The first-order chi connectivity index (χ1) is 13.6. The molecule has 2 aromatic carbocycles. The fourth-order valence-electron chi connectivity index (χ4n) is 2.51. The minimum atomic E-state index is -3.57. The number of ether oxygens (including phenoxy) is 2. The largest absolute Gasteiger partial charge is 0.497 e. The molecule has 0 bridgehead atoms. The topological polar surface area (TPSA) is 84.9 Å². The molecule has 0 saturated carbocycles. The van der Waals surface area contributed by atoms with E-state index >= 15 is 0 Å². The minimum absolute atomic E-state index is 0.169. The Labute approximate surface area is 172 Å². The number of methoxy groups -OCH3 is 1. The lowest BCUT2D eigenvalue weighted by molar-refractivity contribution is -0.120. The zero-order chi connectivity index (χ0) is 21.6. The first-order valence-electron chi connectivity index (χ1n) is 9.27. The molecule has 7 nitrogen and oxygen atoms in total. The van der Waals surface area contributed by atoms with Crippen LogP contribution in [-0.2, 0) is 14.8 Å². The SMILES string of the molecule is COc1cccc(N(C)C(=O)COc2ccc(S(=O)(=O)NCC(C)C)cc2C)c1. The number of amides is 1. The van der Waals surface area contributed by atoms with Gasteiger partial charge in [0.05, 0.1) is 12.0 Å². The van der Waals surface area contributed by atoms with E-state index in [-0.39, 0.29) is 23.3 Å². The molecule has 29 heavy (non-hydrogen) atoms. The molecule has 1 amide bonds. The number of sulfonamides is 1. The summed E-state index contributed by atoms with van der Waals surface area (Å²) < 4.78 is 38.1. The number of likely N-dealkylation sites (N-methyl/N-ethyl adjacent to an activating group) is 1. The Bertz CT molecular complexity index is 957. The van der Waals surface area contributed by atoms with Gasteiger partial charge in [-0.2, -0.15) is 0 Å². The average Bonchev–Trinajstić information content (AvgIpc) is 2.70. The van der Waals surface area contributed by atoms with Gasteiger partial charge in [-0.1, -0.05) is 19.9 Å². The quantitative estimate of drug-likeness (QED) is 0.674. The Morgan fingerprint density at radius 2 is 1.90 bits per heavy atom. The zero-order valence-electron chi connectivity index (χ0n) is 17.4. The number of nitrogens with one attached hydrogen (secondary N) is 1. The summed E-state index contributed by atoms with van der Waals surface area (Å²) in [6.45, 7) is 5.80. The standard InChI is InChI=1S/C21H28N2O5S/c1-15(2)13-22-29(25,26)19-9-10-20(16(3)11-19)28-14-21(24)23(4)17-7-6-8-18(12-17)27-5/h6-12,15,22H,13-14H2,1-5H3. The molecule has 0 spiro atoms. The van der Waals surface area contributed by atoms with E-state index in [2.05, 4.69) is 4.72 Å². The van der Waals surface area contributed by atoms with Crippen molar-refractivity contribution in [3.8, 4) is 11.5 Å². The predicted octanol–water partition coefficient (Wildman–Crippen LogP) is 2.98. The summed E-state index contributed by atoms with van der Waals surface area (Å²) in [4.78, 5) is 14.1. The number of hydrogen-bond donors (Lipinski definition) is 1. The van der Waals surface area contributed by atoms with Crippen LogP contribution in [0, 0.1) is 12.8 Å². The maximum atomic E-state index is 12.5. The Hall–Kier alpha value is -2.58. The summed E-state index contributed by atoms with van der Waals surface area (Å²) in [5, 5.41) is 0. The molecule has 158 valence electrons. The number of carbonyl (C=O) groups excluding carboxylic acids is 1. The maximum absolute atomic E-state index is 12.5. The molecule has 0 saturated heterocycles. The summed E-state index contributed by atoms with van der Waals surface area (Å²) in [7, 11) is -0.354. The Morgan fingerprint density at radius 1 is 1.17 bits per heavy atom. The van der Waals surface area contributed by atoms with Gasteiger partial charge < -0.3 is 14.4 Å². The van der Waals surface area contributed by atoms with E-state index in [4.69, 9.17) is 9.47 Å². The Balaban J connectivity index is 2.04. The van der Waals surface area contributed by atoms with Crippen LogP contribution >= 0.6 is 0 Å². The summed E-state index contributed by atoms with van der Waals surface area (Å²) in [6.07, 6.45) is 0. The average molecular weight is 421 g/mol. The fourth-order valence-corrected chi connectivity index (χ4v) is 3.81. The third kappa shape index (κ3) is 6.20. The van der Waals surface area contributed by atoms with Crippen LogP contribution in [-0.4, -0.2) is 41.6 Å². The van der Waals surface area contributed by atoms with E-state index in [9.17, 15) is 13.2 Å². The van der Waals surface area contributed by atoms with Crippen molar-refractivity contribution in [1.82, 2.24) is 4.72 Å². The number of hydrogen-bond acceptors (Lipinski definition) is 5. The molecule has 2 aromatic rings. The van der Waals surface area contributed by atoms with Crippen molar-refractivity contribution in [3.05, 3.63) is 48.0 Å². The van der Waals surface area contributed by atoms with E-state index in [0.29, 0.717) is 29.3 Å². The van der Waals surface area contributed by atoms with Crippen molar-refractivity contribution in [1.29, 1.82) is 0 Å². The van der Waals surface area contributed by atoms with Crippen LogP contribution in [0.2, 0.25) is 0 Å². The van der Waals surface area contributed by atoms with Crippen LogP contribution in [0.4, 0.5) is 5.69 Å². The molecule has 0 unspecified atom stereocenters. The molecule has 0 aliphatic carbocycles. The van der Waals surface area contributed by atoms with Gasteiger partial charge in [0.2, 0.25) is 10.0 Å². The van der Waals surface area contributed by atoms with E-state index in [0.717, 1.165) is 0 Å². The highest BCUT2D eigenvalue weighted by Gasteiger charge is 2.17. The van der Waals surface area contributed by atoms with E-state index in [1.807, 2.05) is 13.8 Å². The molecular formula is C21H28N2O5S. The highest BCUT2D eigenvalue weighted by atomic mass is 32.2. The van der Waals surface area contributed by atoms with Crippen molar-refractivity contribution in [3.63, 3.8) is 0 Å². The van der Waals surface area contributed by atoms with Crippen LogP contribution in [0.1, 0.15) is 19.4 Å². The molecule has 0 heterocycles. The lowest BCUT2D eigenvalue weighted by atomic mass is 10.2. The van der Waals surface area contributed by atoms with Gasteiger partial charge in [-0.3, -0.25) is 4.79 Å². The van der Waals surface area contributed by atoms with Gasteiger partial charge in [-0.25, -0.2) is 13.1 Å². The minimum Gasteiger partial charge on any atom is -0.497 e. The van der Waals surface area contributed by atoms with Gasteiger partial charge in [0, 0.05) is 25.3 Å². The van der Waals surface area contributed by atoms with E-state index in [1.165, 1.54) is 17.0 Å². The van der Waals surface area contributed by atoms with Gasteiger partial charge in [0.25, 0.3) is 5.91 Å². The second-order valence-corrected chi connectivity index (χ2v) is 8.88. The van der Waals surface area contributed by atoms with Gasteiger partial charge in [0.15, 0.2) is 6.61 Å². The highest BCUT2D eigenvalue weighted by molar-refractivity contribution is 7.89. The number of nitrogens with zero attached hydrogens (tertiary/aromatic N) is 1. The third-order valence-corrected chi connectivity index (χ3v) is 5.73. The van der Waals surface area contributed by atoms with Crippen LogP contribution < -0.4 is 19.1 Å². The Morgan fingerprint density at radius 3 is 2.52 bits per heavy atom. The first kappa shape index (κ1) is 22.7. The highest BCUT2D eigenvalue weighted by Crippen LogP contribution is 2.23. The molecule has 8 heteroatoms. The second kappa shape index (κ2) is 9.76. The molecular weight excluding hydrogens is 392 g/mol. The summed E-state index contributed by atoms with van der Waals surface area (Å²) in [6, 6.07) is 11.7. The summed E-state index contributed by atoms with van der Waals surface area (Å²) >= 11 is 0. The van der Waals surface area contributed by atoms with Crippen molar-refractivity contribution in [2.75, 3.05) is 32.2 Å². The molecule has 1 N–H and O–H groups in total. The third-order valence-electron chi connectivity index (χ3n) is 4.30. The van der Waals surface area contributed by atoms with Gasteiger partial charge in [-0.05, 0) is 48.7 Å². The molecule has 0 atom stereocenters. The smallest absolute Gasteiger partial charge is 0.264 e. The monoisotopic (exact) mass is 420 g/mol. The molecule has 0 radical (unpaired) electrons. The Kier molecular flexibility index (Phi) is 7.64. The number of anilines is 1. The van der Waals surface area contributed by atoms with E-state index in [1.54, 1.807) is 51.4 Å². The van der Waals surface area contributed by atoms with Crippen molar-refractivity contribution < 1.29 is 22.7 Å². The maximum Gasteiger partial charge on any atom is 0.264 e. The van der Waals surface area contributed by atoms with Crippen molar-refractivity contribution >= 4 is 21.6 Å². The van der Waals surface area contributed by atoms with Crippen molar-refractivity contribution in [2.24, 2.45) is 5.92 Å².